The number of nitrogens with one attached hydrogen (secondary N) is 1. The molecule has 0 spiro atoms. The second-order valence-corrected chi connectivity index (χ2v) is 4.73. The van der Waals surface area contributed by atoms with E-state index in [9.17, 15) is 0 Å². The van der Waals surface area contributed by atoms with Crippen molar-refractivity contribution < 1.29 is 4.74 Å². The number of hydrogen-bond donors (Lipinski definition) is 1. The van der Waals surface area contributed by atoms with Crippen molar-refractivity contribution in [3.8, 4) is 5.75 Å². The number of fused-ring (bicyclic) bond motifs is 4. The first-order valence-corrected chi connectivity index (χ1v) is 5.74. The largest absolute Gasteiger partial charge is 0.497 e. The first-order chi connectivity index (χ1) is 7.36. The van der Waals surface area contributed by atoms with Gasteiger partial charge < -0.3 is 10.1 Å². The summed E-state index contributed by atoms with van der Waals surface area (Å²) in [7, 11) is 1.74. The monoisotopic (exact) mass is 203 g/mol. The third-order valence-corrected chi connectivity index (χ3v) is 3.74. The lowest BCUT2D eigenvalue weighted by molar-refractivity contribution is 0.316. The fourth-order valence-electron chi connectivity index (χ4n) is 3.00. The maximum absolute atomic E-state index is 5.30. The molecule has 1 N–H and O–H groups in total. The van der Waals surface area contributed by atoms with Gasteiger partial charge in [-0.2, -0.15) is 0 Å². The topological polar surface area (TPSA) is 21.3 Å². The fourth-order valence-corrected chi connectivity index (χ4v) is 3.00. The molecule has 80 valence electrons. The molecule has 2 nitrogen and oxygen atoms in total. The molecule has 1 heterocycles. The van der Waals surface area contributed by atoms with E-state index in [0.29, 0.717) is 5.92 Å². The first kappa shape index (κ1) is 9.22. The van der Waals surface area contributed by atoms with Crippen molar-refractivity contribution in [3.63, 3.8) is 0 Å². The van der Waals surface area contributed by atoms with Crippen molar-refractivity contribution in [2.24, 2.45) is 5.92 Å². The first-order valence-electron chi connectivity index (χ1n) is 5.74. The molecule has 1 fully saturated rings. The molecule has 1 aromatic carbocycles. The van der Waals surface area contributed by atoms with Gasteiger partial charge in [0.25, 0.3) is 0 Å². The van der Waals surface area contributed by atoms with Crippen molar-refractivity contribution in [2.75, 3.05) is 20.2 Å². The van der Waals surface area contributed by atoms with Gasteiger partial charge in [0, 0.05) is 6.54 Å². The summed E-state index contributed by atoms with van der Waals surface area (Å²) >= 11 is 0. The SMILES string of the molecule is COc1ccc2c(c1)C1CNCC(C2)C1. The molecule has 0 radical (unpaired) electrons. The van der Waals surface area contributed by atoms with Crippen LogP contribution in [-0.4, -0.2) is 20.2 Å². The predicted octanol–water partition coefficient (Wildman–Crippen LogP) is 1.94. The number of hydrogen-bond acceptors (Lipinski definition) is 2. The lowest BCUT2D eigenvalue weighted by Gasteiger charge is -2.36. The third kappa shape index (κ3) is 1.53. The number of benzene rings is 1. The van der Waals surface area contributed by atoms with Crippen molar-refractivity contribution in [1.29, 1.82) is 0 Å². The average molecular weight is 203 g/mol. The van der Waals surface area contributed by atoms with Crippen LogP contribution in [0.15, 0.2) is 18.2 Å². The quantitative estimate of drug-likeness (QED) is 0.753. The Hall–Kier alpha value is -1.02. The zero-order valence-corrected chi connectivity index (χ0v) is 9.12. The molecule has 2 heteroatoms. The summed E-state index contributed by atoms with van der Waals surface area (Å²) in [6, 6.07) is 6.56. The van der Waals surface area contributed by atoms with Gasteiger partial charge in [-0.05, 0) is 54.5 Å². The van der Waals surface area contributed by atoms with E-state index >= 15 is 0 Å². The number of piperidine rings is 1. The summed E-state index contributed by atoms with van der Waals surface area (Å²) in [4.78, 5) is 0. The lowest BCUT2D eigenvalue weighted by atomic mass is 9.74. The molecule has 0 amide bonds. The maximum atomic E-state index is 5.30. The van der Waals surface area contributed by atoms with E-state index in [1.165, 1.54) is 24.9 Å². The van der Waals surface area contributed by atoms with Crippen LogP contribution in [0.4, 0.5) is 0 Å². The second kappa shape index (κ2) is 3.53. The van der Waals surface area contributed by atoms with E-state index < -0.39 is 0 Å². The Balaban J connectivity index is 2.02. The van der Waals surface area contributed by atoms with Gasteiger partial charge >= 0.3 is 0 Å². The Morgan fingerprint density at radius 2 is 2.27 bits per heavy atom. The standard InChI is InChI=1S/C13H17NO/c1-15-12-3-2-10-4-9-5-11(8-14-7-9)13(10)6-12/h2-3,6,9,11,14H,4-5,7-8H2,1H3. The normalized spacial score (nSPS) is 28.3. The molecule has 2 unspecified atom stereocenters. The third-order valence-electron chi connectivity index (χ3n) is 3.74. The fraction of sp³-hybridized carbons (Fsp3) is 0.538. The van der Waals surface area contributed by atoms with Gasteiger partial charge in [-0.3, -0.25) is 0 Å². The number of ether oxygens (including phenoxy) is 1. The predicted molar refractivity (Wildman–Crippen MR) is 60.4 cm³/mol. The molecule has 2 bridgehead atoms. The van der Waals surface area contributed by atoms with Crippen LogP contribution in [0.5, 0.6) is 5.75 Å². The summed E-state index contributed by atoms with van der Waals surface area (Å²) in [6.07, 6.45) is 2.59. The summed E-state index contributed by atoms with van der Waals surface area (Å²) in [5, 5.41) is 3.52. The molecule has 15 heavy (non-hydrogen) atoms. The van der Waals surface area contributed by atoms with E-state index in [1.807, 2.05) is 0 Å². The average Bonchev–Trinajstić information content (AvgIpc) is 2.29. The highest BCUT2D eigenvalue weighted by molar-refractivity contribution is 5.40. The second-order valence-electron chi connectivity index (χ2n) is 4.73. The van der Waals surface area contributed by atoms with Crippen molar-refractivity contribution >= 4 is 0 Å². The Bertz CT molecular complexity index is 375. The molecule has 2 atom stereocenters. The zero-order chi connectivity index (χ0) is 10.3. The minimum atomic E-state index is 0.711. The highest BCUT2D eigenvalue weighted by Crippen LogP contribution is 2.38. The van der Waals surface area contributed by atoms with Gasteiger partial charge in [-0.25, -0.2) is 0 Å². The van der Waals surface area contributed by atoms with Crippen LogP contribution in [0.2, 0.25) is 0 Å². The smallest absolute Gasteiger partial charge is 0.119 e. The van der Waals surface area contributed by atoms with Gasteiger partial charge in [0.15, 0.2) is 0 Å². The van der Waals surface area contributed by atoms with Crippen LogP contribution >= 0.6 is 0 Å². The van der Waals surface area contributed by atoms with Crippen molar-refractivity contribution in [2.45, 2.75) is 18.8 Å². The van der Waals surface area contributed by atoms with Crippen LogP contribution in [-0.2, 0) is 6.42 Å². The summed E-state index contributed by atoms with van der Waals surface area (Å²) in [5.41, 5.74) is 3.05. The molecular formula is C13H17NO. The molecule has 1 aliphatic carbocycles. The van der Waals surface area contributed by atoms with Gasteiger partial charge in [0.05, 0.1) is 7.11 Å². The van der Waals surface area contributed by atoms with Gasteiger partial charge in [0.2, 0.25) is 0 Å². The number of rotatable bonds is 1. The summed E-state index contributed by atoms with van der Waals surface area (Å²) in [5.74, 6) is 2.56. The molecule has 1 aliphatic heterocycles. The van der Waals surface area contributed by atoms with E-state index in [-0.39, 0.29) is 0 Å². The summed E-state index contributed by atoms with van der Waals surface area (Å²) in [6.45, 7) is 2.33. The molecule has 3 rings (SSSR count). The van der Waals surface area contributed by atoms with Crippen LogP contribution in [0.25, 0.3) is 0 Å². The summed E-state index contributed by atoms with van der Waals surface area (Å²) < 4.78 is 5.30. The molecule has 0 saturated carbocycles. The Morgan fingerprint density at radius 1 is 1.33 bits per heavy atom. The van der Waals surface area contributed by atoms with Gasteiger partial charge in [-0.1, -0.05) is 6.07 Å². The molecule has 2 aliphatic rings. The van der Waals surface area contributed by atoms with Crippen molar-refractivity contribution in [1.82, 2.24) is 5.32 Å². The van der Waals surface area contributed by atoms with Gasteiger partial charge in [-0.15, -0.1) is 0 Å². The number of methoxy groups -OCH3 is 1. The lowest BCUT2D eigenvalue weighted by Crippen LogP contribution is -2.39. The van der Waals surface area contributed by atoms with Crippen LogP contribution in [0.3, 0.4) is 0 Å². The zero-order valence-electron chi connectivity index (χ0n) is 9.12. The van der Waals surface area contributed by atoms with E-state index in [0.717, 1.165) is 18.2 Å². The van der Waals surface area contributed by atoms with Gasteiger partial charge in [0.1, 0.15) is 5.75 Å². The molecule has 1 aromatic rings. The highest BCUT2D eigenvalue weighted by Gasteiger charge is 2.30. The van der Waals surface area contributed by atoms with Crippen LogP contribution in [0.1, 0.15) is 23.5 Å². The Labute approximate surface area is 90.6 Å². The Morgan fingerprint density at radius 3 is 3.13 bits per heavy atom. The Kier molecular flexibility index (Phi) is 2.17. The highest BCUT2D eigenvalue weighted by atomic mass is 16.5. The van der Waals surface area contributed by atoms with E-state index in [2.05, 4.69) is 23.5 Å². The van der Waals surface area contributed by atoms with E-state index in [4.69, 9.17) is 4.74 Å². The van der Waals surface area contributed by atoms with Crippen molar-refractivity contribution in [3.05, 3.63) is 29.3 Å². The molecule has 0 aromatic heterocycles. The molecule has 1 saturated heterocycles. The van der Waals surface area contributed by atoms with Crippen LogP contribution < -0.4 is 10.1 Å². The van der Waals surface area contributed by atoms with E-state index in [1.54, 1.807) is 12.7 Å². The van der Waals surface area contributed by atoms with Crippen LogP contribution in [0, 0.1) is 5.92 Å². The maximum Gasteiger partial charge on any atom is 0.119 e. The molecular weight excluding hydrogens is 186 g/mol. The minimum absolute atomic E-state index is 0.711. The minimum Gasteiger partial charge on any atom is -0.497 e.